The third-order valence-electron chi connectivity index (χ3n) is 4.67. The monoisotopic (exact) mass is 381 g/mol. The van der Waals surface area contributed by atoms with E-state index in [0.717, 1.165) is 31.6 Å². The minimum absolute atomic E-state index is 0.179. The fourth-order valence-corrected chi connectivity index (χ4v) is 4.68. The van der Waals surface area contributed by atoms with Crippen LogP contribution in [-0.4, -0.2) is 51.4 Å². The predicted molar refractivity (Wildman–Crippen MR) is 105 cm³/mol. The molecule has 1 heterocycles. The molecule has 0 radical (unpaired) electrons. The fourth-order valence-electron chi connectivity index (χ4n) is 3.20. The number of anilines is 1. The lowest BCUT2D eigenvalue weighted by Gasteiger charge is -2.23. The van der Waals surface area contributed by atoms with Gasteiger partial charge >= 0.3 is 0 Å². The molecule has 1 fully saturated rings. The van der Waals surface area contributed by atoms with E-state index < -0.39 is 10.0 Å². The van der Waals surface area contributed by atoms with Crippen LogP contribution >= 0.6 is 0 Å². The van der Waals surface area contributed by atoms with Crippen molar-refractivity contribution in [3.8, 4) is 0 Å². The van der Waals surface area contributed by atoms with Crippen LogP contribution in [0.25, 0.3) is 0 Å². The Bertz CT molecular complexity index is 722. The van der Waals surface area contributed by atoms with E-state index in [0.29, 0.717) is 31.1 Å². The summed E-state index contributed by atoms with van der Waals surface area (Å²) < 4.78 is 27.1. The van der Waals surface area contributed by atoms with Crippen LogP contribution in [0.1, 0.15) is 50.9 Å². The zero-order valence-electron chi connectivity index (χ0n) is 16.3. The highest BCUT2D eigenvalue weighted by atomic mass is 32.2. The van der Waals surface area contributed by atoms with Gasteiger partial charge < -0.3 is 10.2 Å². The lowest BCUT2D eigenvalue weighted by molar-refractivity contribution is 0.0949. The highest BCUT2D eigenvalue weighted by Crippen LogP contribution is 2.28. The Kier molecular flexibility index (Phi) is 7.06. The number of amides is 1. The van der Waals surface area contributed by atoms with Gasteiger partial charge in [-0.3, -0.25) is 4.79 Å². The lowest BCUT2D eigenvalue weighted by atomic mass is 10.1. The van der Waals surface area contributed by atoms with Crippen LogP contribution in [-0.2, 0) is 10.0 Å². The molecule has 6 nitrogen and oxygen atoms in total. The minimum atomic E-state index is -3.59. The maximum Gasteiger partial charge on any atom is 0.253 e. The van der Waals surface area contributed by atoms with Crippen LogP contribution in [0.2, 0.25) is 0 Å². The highest BCUT2D eigenvalue weighted by molar-refractivity contribution is 7.89. The van der Waals surface area contributed by atoms with Crippen LogP contribution in [0.3, 0.4) is 0 Å². The molecule has 0 unspecified atom stereocenters. The first-order valence-electron chi connectivity index (χ1n) is 9.48. The molecule has 7 heteroatoms. The second-order valence-electron chi connectivity index (χ2n) is 7.07. The van der Waals surface area contributed by atoms with E-state index in [9.17, 15) is 13.2 Å². The van der Waals surface area contributed by atoms with Crippen molar-refractivity contribution >= 4 is 21.6 Å². The smallest absolute Gasteiger partial charge is 0.253 e. The molecule has 1 amide bonds. The molecule has 1 N–H and O–H groups in total. The van der Waals surface area contributed by atoms with Gasteiger partial charge in [-0.25, -0.2) is 8.42 Å². The molecule has 26 heavy (non-hydrogen) atoms. The number of carbonyl (C=O) groups is 1. The molecular formula is C19H31N3O3S. The zero-order chi connectivity index (χ0) is 19.3. The molecule has 146 valence electrons. The Balaban J connectivity index is 2.44. The Morgan fingerprint density at radius 1 is 1.19 bits per heavy atom. The van der Waals surface area contributed by atoms with Gasteiger partial charge in [0.1, 0.15) is 0 Å². The maximum atomic E-state index is 12.8. The molecular weight excluding hydrogens is 350 g/mol. The van der Waals surface area contributed by atoms with Gasteiger partial charge in [-0.15, -0.1) is 0 Å². The number of carbonyl (C=O) groups excluding carboxylic acids is 1. The molecule has 1 saturated heterocycles. The predicted octanol–water partition coefficient (Wildman–Crippen LogP) is 2.70. The van der Waals surface area contributed by atoms with E-state index >= 15 is 0 Å². The van der Waals surface area contributed by atoms with Crippen molar-refractivity contribution < 1.29 is 13.2 Å². The van der Waals surface area contributed by atoms with Crippen molar-refractivity contribution in [2.24, 2.45) is 5.92 Å². The molecule has 0 saturated carbocycles. The Hall–Kier alpha value is -1.60. The molecule has 0 atom stereocenters. The largest absolute Gasteiger partial charge is 0.371 e. The molecule has 0 spiro atoms. The number of hydrogen-bond donors (Lipinski definition) is 1. The molecule has 1 aliphatic heterocycles. The average molecular weight is 382 g/mol. The number of hydrogen-bond acceptors (Lipinski definition) is 4. The first-order chi connectivity index (χ1) is 12.3. The van der Waals surface area contributed by atoms with Crippen LogP contribution in [0.5, 0.6) is 0 Å². The van der Waals surface area contributed by atoms with Gasteiger partial charge in [-0.1, -0.05) is 27.7 Å². The van der Waals surface area contributed by atoms with E-state index in [2.05, 4.69) is 10.2 Å². The molecule has 1 aromatic carbocycles. The third kappa shape index (κ3) is 4.57. The number of rotatable bonds is 8. The van der Waals surface area contributed by atoms with Crippen LogP contribution in [0.15, 0.2) is 23.1 Å². The Morgan fingerprint density at radius 3 is 2.35 bits per heavy atom. The van der Waals surface area contributed by atoms with Crippen LogP contribution in [0, 0.1) is 5.92 Å². The van der Waals surface area contributed by atoms with E-state index in [1.807, 2.05) is 27.7 Å². The Morgan fingerprint density at radius 2 is 1.81 bits per heavy atom. The highest BCUT2D eigenvalue weighted by Gasteiger charge is 2.26. The first kappa shape index (κ1) is 20.7. The van der Waals surface area contributed by atoms with Gasteiger partial charge in [0.2, 0.25) is 10.0 Å². The molecule has 0 aromatic heterocycles. The summed E-state index contributed by atoms with van der Waals surface area (Å²) in [6.07, 6.45) is 2.18. The third-order valence-corrected chi connectivity index (χ3v) is 6.72. The molecule has 0 aliphatic carbocycles. The summed E-state index contributed by atoms with van der Waals surface area (Å²) in [6, 6.07) is 4.95. The van der Waals surface area contributed by atoms with Gasteiger partial charge in [0, 0.05) is 38.4 Å². The van der Waals surface area contributed by atoms with Gasteiger partial charge in [-0.05, 0) is 37.0 Å². The normalized spacial score (nSPS) is 15.1. The van der Waals surface area contributed by atoms with Crippen molar-refractivity contribution in [1.29, 1.82) is 0 Å². The summed E-state index contributed by atoms with van der Waals surface area (Å²) in [7, 11) is -3.59. The summed E-state index contributed by atoms with van der Waals surface area (Å²) in [5.41, 5.74) is 1.27. The van der Waals surface area contributed by atoms with Crippen molar-refractivity contribution in [1.82, 2.24) is 9.62 Å². The maximum absolute atomic E-state index is 12.8. The van der Waals surface area contributed by atoms with Gasteiger partial charge in [0.15, 0.2) is 0 Å². The first-order valence-corrected chi connectivity index (χ1v) is 10.9. The average Bonchev–Trinajstić information content (AvgIpc) is 3.14. The summed E-state index contributed by atoms with van der Waals surface area (Å²) in [6.45, 7) is 10.9. The van der Waals surface area contributed by atoms with Crippen molar-refractivity contribution in [3.05, 3.63) is 23.8 Å². The zero-order valence-corrected chi connectivity index (χ0v) is 17.1. The molecule has 1 aliphatic rings. The quantitative estimate of drug-likeness (QED) is 0.752. The fraction of sp³-hybridized carbons (Fsp3) is 0.632. The number of nitrogens with one attached hydrogen (secondary N) is 1. The number of sulfonamides is 1. The van der Waals surface area contributed by atoms with E-state index in [1.165, 1.54) is 10.4 Å². The number of nitrogens with zero attached hydrogens (tertiary/aromatic N) is 2. The standard InChI is InChI=1S/C19H31N3O3S/c1-5-22(6-2)26(24,25)16-9-10-18(21-11-7-8-12-21)17(13-16)19(23)20-14-15(3)4/h9-10,13,15H,5-8,11-12,14H2,1-4H3,(H,20,23). The summed E-state index contributed by atoms with van der Waals surface area (Å²) in [5.74, 6) is 0.119. The summed E-state index contributed by atoms with van der Waals surface area (Å²) >= 11 is 0. The molecule has 2 rings (SSSR count). The van der Waals surface area contributed by atoms with Gasteiger partial charge in [0.05, 0.1) is 10.5 Å². The topological polar surface area (TPSA) is 69.7 Å². The SMILES string of the molecule is CCN(CC)S(=O)(=O)c1ccc(N2CCCC2)c(C(=O)NCC(C)C)c1. The van der Waals surface area contributed by atoms with Crippen LogP contribution in [0.4, 0.5) is 5.69 Å². The second-order valence-corrected chi connectivity index (χ2v) is 9.00. The number of benzene rings is 1. The Labute approximate surface area is 157 Å². The minimum Gasteiger partial charge on any atom is -0.371 e. The van der Waals surface area contributed by atoms with Crippen molar-refractivity contribution in [2.75, 3.05) is 37.6 Å². The van der Waals surface area contributed by atoms with E-state index in [1.54, 1.807) is 12.1 Å². The van der Waals surface area contributed by atoms with E-state index in [4.69, 9.17) is 0 Å². The summed E-state index contributed by atoms with van der Waals surface area (Å²) in [5, 5.41) is 2.92. The second kappa shape index (κ2) is 8.86. The molecule has 0 bridgehead atoms. The van der Waals surface area contributed by atoms with Crippen molar-refractivity contribution in [2.45, 2.75) is 45.4 Å². The van der Waals surface area contributed by atoms with Crippen molar-refractivity contribution in [3.63, 3.8) is 0 Å². The lowest BCUT2D eigenvalue weighted by Crippen LogP contribution is -2.32. The van der Waals surface area contributed by atoms with Crippen LogP contribution < -0.4 is 10.2 Å². The van der Waals surface area contributed by atoms with Gasteiger partial charge in [-0.2, -0.15) is 4.31 Å². The van der Waals surface area contributed by atoms with Gasteiger partial charge in [0.25, 0.3) is 5.91 Å². The summed E-state index contributed by atoms with van der Waals surface area (Å²) in [4.78, 5) is 15.1. The van der Waals surface area contributed by atoms with E-state index in [-0.39, 0.29) is 10.8 Å². The molecule has 1 aromatic rings.